The number of carbonyl (C=O) groups excluding carboxylic acids is 2. The van der Waals surface area contributed by atoms with E-state index in [0.29, 0.717) is 37.5 Å². The SMILES string of the molecule is CCCC(=O)C1=C(O)C(O)(C(O)CCC(C)C)C(CCC(C)C)C1=O. The fourth-order valence-electron chi connectivity index (χ4n) is 3.43. The zero-order chi connectivity index (χ0) is 19.4. The van der Waals surface area contributed by atoms with Gasteiger partial charge in [-0.15, -0.1) is 0 Å². The minimum atomic E-state index is -2.06. The molecular formula is C20H34O5. The van der Waals surface area contributed by atoms with Crippen LogP contribution in [0.2, 0.25) is 0 Å². The van der Waals surface area contributed by atoms with E-state index in [-0.39, 0.29) is 18.4 Å². The molecule has 25 heavy (non-hydrogen) atoms. The summed E-state index contributed by atoms with van der Waals surface area (Å²) in [6, 6.07) is 0. The van der Waals surface area contributed by atoms with Crippen LogP contribution in [0, 0.1) is 17.8 Å². The molecule has 0 radical (unpaired) electrons. The van der Waals surface area contributed by atoms with Gasteiger partial charge in [-0.1, -0.05) is 41.0 Å². The smallest absolute Gasteiger partial charge is 0.176 e. The van der Waals surface area contributed by atoms with Crippen LogP contribution in [0.4, 0.5) is 0 Å². The number of allylic oxidation sites excluding steroid dienone is 1. The number of aliphatic hydroxyl groups is 3. The van der Waals surface area contributed by atoms with E-state index < -0.39 is 34.9 Å². The Kier molecular flexibility index (Phi) is 7.82. The number of rotatable bonds is 10. The van der Waals surface area contributed by atoms with E-state index in [9.17, 15) is 24.9 Å². The Morgan fingerprint density at radius 3 is 2.16 bits per heavy atom. The lowest BCUT2D eigenvalue weighted by molar-refractivity contribution is -0.137. The highest BCUT2D eigenvalue weighted by atomic mass is 16.4. The van der Waals surface area contributed by atoms with E-state index in [1.54, 1.807) is 0 Å². The first kappa shape index (κ1) is 21.8. The van der Waals surface area contributed by atoms with Gasteiger partial charge < -0.3 is 15.3 Å². The molecule has 1 aliphatic carbocycles. The van der Waals surface area contributed by atoms with Crippen LogP contribution in [0.1, 0.15) is 73.1 Å². The van der Waals surface area contributed by atoms with Gasteiger partial charge >= 0.3 is 0 Å². The predicted molar refractivity (Wildman–Crippen MR) is 97.2 cm³/mol. The third kappa shape index (κ3) is 4.70. The molecule has 0 aliphatic heterocycles. The van der Waals surface area contributed by atoms with Gasteiger partial charge in [-0.3, -0.25) is 9.59 Å². The first-order valence-corrected chi connectivity index (χ1v) is 9.48. The number of hydrogen-bond acceptors (Lipinski definition) is 5. The average Bonchev–Trinajstić information content (AvgIpc) is 2.70. The van der Waals surface area contributed by atoms with E-state index in [2.05, 4.69) is 0 Å². The van der Waals surface area contributed by atoms with Crippen molar-refractivity contribution in [1.29, 1.82) is 0 Å². The van der Waals surface area contributed by atoms with Gasteiger partial charge in [0.25, 0.3) is 0 Å². The molecule has 3 atom stereocenters. The molecule has 0 amide bonds. The normalized spacial score (nSPS) is 25.3. The highest BCUT2D eigenvalue weighted by molar-refractivity contribution is 6.23. The molecule has 0 heterocycles. The van der Waals surface area contributed by atoms with Gasteiger partial charge in [0, 0.05) is 6.42 Å². The summed E-state index contributed by atoms with van der Waals surface area (Å²) in [7, 11) is 0. The van der Waals surface area contributed by atoms with Crippen LogP contribution in [-0.4, -0.2) is 38.6 Å². The molecule has 144 valence electrons. The number of Topliss-reactive ketones (excluding diaryl/α,β-unsaturated/α-hetero) is 2. The molecule has 0 aromatic rings. The van der Waals surface area contributed by atoms with E-state index >= 15 is 0 Å². The van der Waals surface area contributed by atoms with Crippen molar-refractivity contribution in [3.63, 3.8) is 0 Å². The molecule has 1 aliphatic rings. The van der Waals surface area contributed by atoms with Gasteiger partial charge in [0.05, 0.1) is 12.0 Å². The molecule has 5 nitrogen and oxygen atoms in total. The van der Waals surface area contributed by atoms with Crippen LogP contribution >= 0.6 is 0 Å². The molecule has 1 rings (SSSR count). The summed E-state index contributed by atoms with van der Waals surface area (Å²) in [4.78, 5) is 25.1. The quantitative estimate of drug-likeness (QED) is 0.523. The number of aliphatic hydroxyl groups excluding tert-OH is 2. The van der Waals surface area contributed by atoms with Crippen molar-refractivity contribution in [1.82, 2.24) is 0 Å². The van der Waals surface area contributed by atoms with Crippen molar-refractivity contribution in [2.45, 2.75) is 84.8 Å². The largest absolute Gasteiger partial charge is 0.508 e. The first-order valence-electron chi connectivity index (χ1n) is 9.48. The Morgan fingerprint density at radius 1 is 1.12 bits per heavy atom. The summed E-state index contributed by atoms with van der Waals surface area (Å²) in [5.74, 6) is -1.94. The van der Waals surface area contributed by atoms with E-state index in [4.69, 9.17) is 0 Å². The van der Waals surface area contributed by atoms with Gasteiger partial charge in [-0.05, 0) is 37.5 Å². The lowest BCUT2D eigenvalue weighted by Crippen LogP contribution is -2.49. The first-order chi connectivity index (χ1) is 11.6. The second-order valence-electron chi connectivity index (χ2n) is 8.10. The molecule has 0 saturated carbocycles. The van der Waals surface area contributed by atoms with Crippen LogP contribution in [0.25, 0.3) is 0 Å². The summed E-state index contributed by atoms with van der Waals surface area (Å²) in [5.41, 5.74) is -2.36. The summed E-state index contributed by atoms with van der Waals surface area (Å²) in [6.45, 7) is 9.82. The maximum atomic E-state index is 12.8. The minimum Gasteiger partial charge on any atom is -0.508 e. The Morgan fingerprint density at radius 2 is 1.68 bits per heavy atom. The lowest BCUT2D eigenvalue weighted by atomic mass is 9.78. The van der Waals surface area contributed by atoms with E-state index in [1.165, 1.54) is 0 Å². The molecule has 5 heteroatoms. The van der Waals surface area contributed by atoms with Gasteiger partial charge in [-0.25, -0.2) is 0 Å². The summed E-state index contributed by atoms with van der Waals surface area (Å²) in [6.07, 6.45) is 1.33. The van der Waals surface area contributed by atoms with Crippen LogP contribution in [0.15, 0.2) is 11.3 Å². The summed E-state index contributed by atoms with van der Waals surface area (Å²) < 4.78 is 0. The summed E-state index contributed by atoms with van der Waals surface area (Å²) >= 11 is 0. The number of carbonyl (C=O) groups is 2. The Hall–Kier alpha value is -1.20. The molecular weight excluding hydrogens is 320 g/mol. The zero-order valence-corrected chi connectivity index (χ0v) is 16.2. The molecule has 3 unspecified atom stereocenters. The van der Waals surface area contributed by atoms with Gasteiger partial charge in [0.15, 0.2) is 17.2 Å². The summed E-state index contributed by atoms with van der Waals surface area (Å²) in [5, 5.41) is 32.3. The van der Waals surface area contributed by atoms with Gasteiger partial charge in [0.2, 0.25) is 0 Å². The predicted octanol–water partition coefficient (Wildman–Crippen LogP) is 3.33. The average molecular weight is 354 g/mol. The standard InChI is InChI=1S/C20H34O5/c1-6-7-15(21)17-18(23)14(10-8-12(2)3)20(25,19(17)24)16(22)11-9-13(4)5/h12-14,16,22,24-25H,6-11H2,1-5H3. The van der Waals surface area contributed by atoms with E-state index in [0.717, 1.165) is 0 Å². The minimum absolute atomic E-state index is 0.139. The third-order valence-electron chi connectivity index (χ3n) is 5.02. The monoisotopic (exact) mass is 354 g/mol. The van der Waals surface area contributed by atoms with Crippen molar-refractivity contribution in [3.8, 4) is 0 Å². The van der Waals surface area contributed by atoms with E-state index in [1.807, 2.05) is 34.6 Å². The molecule has 0 fully saturated rings. The van der Waals surface area contributed by atoms with Crippen LogP contribution in [-0.2, 0) is 9.59 Å². The molecule has 0 spiro atoms. The Bertz CT molecular complexity index is 520. The van der Waals surface area contributed by atoms with Crippen molar-refractivity contribution in [3.05, 3.63) is 11.3 Å². The van der Waals surface area contributed by atoms with Crippen molar-refractivity contribution in [2.24, 2.45) is 17.8 Å². The molecule has 0 saturated heterocycles. The molecule has 0 aromatic heterocycles. The highest BCUT2D eigenvalue weighted by Crippen LogP contribution is 2.44. The zero-order valence-electron chi connectivity index (χ0n) is 16.2. The third-order valence-corrected chi connectivity index (χ3v) is 5.02. The topological polar surface area (TPSA) is 94.8 Å². The maximum absolute atomic E-state index is 12.8. The van der Waals surface area contributed by atoms with Crippen LogP contribution < -0.4 is 0 Å². The van der Waals surface area contributed by atoms with Crippen LogP contribution in [0.3, 0.4) is 0 Å². The Labute approximate surface area is 151 Å². The van der Waals surface area contributed by atoms with Gasteiger partial charge in [0.1, 0.15) is 11.3 Å². The highest BCUT2D eigenvalue weighted by Gasteiger charge is 2.58. The van der Waals surface area contributed by atoms with Crippen LogP contribution in [0.5, 0.6) is 0 Å². The van der Waals surface area contributed by atoms with Crippen molar-refractivity contribution in [2.75, 3.05) is 0 Å². The fraction of sp³-hybridized carbons (Fsp3) is 0.800. The van der Waals surface area contributed by atoms with Crippen molar-refractivity contribution >= 4 is 11.6 Å². The van der Waals surface area contributed by atoms with Gasteiger partial charge in [-0.2, -0.15) is 0 Å². The second kappa shape index (κ2) is 8.95. The fourth-order valence-corrected chi connectivity index (χ4v) is 3.43. The van der Waals surface area contributed by atoms with Crippen molar-refractivity contribution < 1.29 is 24.9 Å². The molecule has 0 aromatic carbocycles. The number of ketones is 2. The Balaban J connectivity index is 3.22. The lowest BCUT2D eigenvalue weighted by Gasteiger charge is -2.34. The number of hydrogen-bond donors (Lipinski definition) is 3. The molecule has 3 N–H and O–H groups in total. The maximum Gasteiger partial charge on any atom is 0.176 e. The second-order valence-corrected chi connectivity index (χ2v) is 8.10. The molecule has 0 bridgehead atoms.